The van der Waals surface area contributed by atoms with E-state index >= 15 is 0 Å². The molecule has 1 unspecified atom stereocenters. The summed E-state index contributed by atoms with van der Waals surface area (Å²) in [5, 5.41) is 10.0. The maximum absolute atomic E-state index is 10.0. The first-order valence-electron chi connectivity index (χ1n) is 7.19. The van der Waals surface area contributed by atoms with Gasteiger partial charge in [0.05, 0.1) is 19.3 Å². The molecule has 0 amide bonds. The first kappa shape index (κ1) is 16.9. The minimum atomic E-state index is -0.470. The maximum atomic E-state index is 10.0. The summed E-state index contributed by atoms with van der Waals surface area (Å²) in [4.78, 5) is 2.26. The summed E-state index contributed by atoms with van der Waals surface area (Å²) in [6.45, 7) is 12.3. The molecule has 0 aromatic heterocycles. The molecule has 0 saturated carbocycles. The number of hydrogen-bond donors (Lipinski definition) is 1. The Balaban J connectivity index is 2.54. The fourth-order valence-electron chi connectivity index (χ4n) is 2.11. The van der Waals surface area contributed by atoms with Crippen LogP contribution in [-0.2, 0) is 11.3 Å². The molecule has 3 heteroatoms. The predicted molar refractivity (Wildman–Crippen MR) is 83.7 cm³/mol. The van der Waals surface area contributed by atoms with Gasteiger partial charge in [-0.25, -0.2) is 0 Å². The second-order valence-corrected chi connectivity index (χ2v) is 5.49. The Morgan fingerprint density at radius 3 is 2.75 bits per heavy atom. The monoisotopic (exact) mass is 277 g/mol. The van der Waals surface area contributed by atoms with Crippen LogP contribution in [0.3, 0.4) is 0 Å². The molecule has 1 aromatic rings. The van der Waals surface area contributed by atoms with Gasteiger partial charge in [-0.05, 0) is 26.3 Å². The lowest BCUT2D eigenvalue weighted by molar-refractivity contribution is 0.0178. The van der Waals surface area contributed by atoms with Crippen molar-refractivity contribution in [3.05, 3.63) is 48.0 Å². The zero-order valence-electron chi connectivity index (χ0n) is 12.9. The van der Waals surface area contributed by atoms with Gasteiger partial charge >= 0.3 is 0 Å². The van der Waals surface area contributed by atoms with Gasteiger partial charge in [-0.15, -0.1) is 6.58 Å². The summed E-state index contributed by atoms with van der Waals surface area (Å²) >= 11 is 0. The Hall–Kier alpha value is -1.16. The molecule has 0 aliphatic heterocycles. The first-order valence-corrected chi connectivity index (χ1v) is 7.19. The Morgan fingerprint density at radius 2 is 2.15 bits per heavy atom. The molecule has 0 aliphatic rings. The highest BCUT2D eigenvalue weighted by Crippen LogP contribution is 2.11. The normalized spacial score (nSPS) is 12.9. The van der Waals surface area contributed by atoms with Gasteiger partial charge in [0.1, 0.15) is 0 Å². The maximum Gasteiger partial charge on any atom is 0.0900 e. The molecule has 1 N–H and O–H groups in total. The second-order valence-electron chi connectivity index (χ2n) is 5.49. The Bertz CT molecular complexity index is 404. The Kier molecular flexibility index (Phi) is 7.52. The highest BCUT2D eigenvalue weighted by Gasteiger charge is 2.15. The third kappa shape index (κ3) is 6.33. The fourth-order valence-corrected chi connectivity index (χ4v) is 2.11. The minimum Gasteiger partial charge on any atom is -0.389 e. The van der Waals surface area contributed by atoms with Gasteiger partial charge in [0, 0.05) is 19.1 Å². The van der Waals surface area contributed by atoms with Crippen molar-refractivity contribution in [3.8, 4) is 0 Å². The number of aliphatic hydroxyl groups excluding tert-OH is 1. The van der Waals surface area contributed by atoms with Crippen molar-refractivity contribution >= 4 is 0 Å². The molecule has 1 atom stereocenters. The van der Waals surface area contributed by atoms with E-state index in [4.69, 9.17) is 4.74 Å². The number of benzene rings is 1. The average molecular weight is 277 g/mol. The second kappa shape index (κ2) is 8.90. The van der Waals surface area contributed by atoms with Crippen molar-refractivity contribution < 1.29 is 9.84 Å². The lowest BCUT2D eigenvalue weighted by atomic mass is 10.1. The number of hydrogen-bond acceptors (Lipinski definition) is 3. The van der Waals surface area contributed by atoms with E-state index in [0.29, 0.717) is 25.8 Å². The Labute approximate surface area is 122 Å². The van der Waals surface area contributed by atoms with Crippen LogP contribution < -0.4 is 0 Å². The van der Waals surface area contributed by atoms with Crippen LogP contribution in [-0.4, -0.2) is 41.9 Å². The molecular weight excluding hydrogens is 250 g/mol. The van der Waals surface area contributed by atoms with Gasteiger partial charge in [0.15, 0.2) is 0 Å². The predicted octanol–water partition coefficient (Wildman–Crippen LogP) is 2.77. The van der Waals surface area contributed by atoms with Gasteiger partial charge in [-0.1, -0.05) is 35.9 Å². The molecule has 0 saturated heterocycles. The molecule has 1 aromatic carbocycles. The van der Waals surface area contributed by atoms with Crippen LogP contribution in [0.4, 0.5) is 0 Å². The van der Waals surface area contributed by atoms with Crippen LogP contribution in [0.25, 0.3) is 0 Å². The van der Waals surface area contributed by atoms with E-state index in [0.717, 1.165) is 6.54 Å². The van der Waals surface area contributed by atoms with E-state index in [2.05, 4.69) is 56.5 Å². The number of rotatable bonds is 9. The van der Waals surface area contributed by atoms with Crippen LogP contribution in [0.2, 0.25) is 0 Å². The molecular formula is C17H27NO2. The summed E-state index contributed by atoms with van der Waals surface area (Å²) in [5.41, 5.74) is 2.54. The highest BCUT2D eigenvalue weighted by molar-refractivity contribution is 5.22. The first-order chi connectivity index (χ1) is 9.52. The highest BCUT2D eigenvalue weighted by atomic mass is 16.5. The third-order valence-corrected chi connectivity index (χ3v) is 3.19. The van der Waals surface area contributed by atoms with Crippen LogP contribution in [0.1, 0.15) is 25.0 Å². The molecule has 20 heavy (non-hydrogen) atoms. The molecule has 0 fully saturated rings. The van der Waals surface area contributed by atoms with Crippen LogP contribution >= 0.6 is 0 Å². The summed E-state index contributed by atoms with van der Waals surface area (Å²) < 4.78 is 5.30. The Morgan fingerprint density at radius 1 is 1.40 bits per heavy atom. The summed E-state index contributed by atoms with van der Waals surface area (Å²) in [6, 6.07) is 8.87. The number of nitrogens with zero attached hydrogens (tertiary/aromatic N) is 1. The lowest BCUT2D eigenvalue weighted by Gasteiger charge is -2.28. The van der Waals surface area contributed by atoms with E-state index in [9.17, 15) is 5.11 Å². The largest absolute Gasteiger partial charge is 0.389 e. The number of aryl methyl sites for hydroxylation is 1. The molecule has 0 aliphatic carbocycles. The van der Waals surface area contributed by atoms with Gasteiger partial charge in [0.2, 0.25) is 0 Å². The van der Waals surface area contributed by atoms with Crippen molar-refractivity contribution in [2.24, 2.45) is 0 Å². The van der Waals surface area contributed by atoms with E-state index in [1.54, 1.807) is 6.08 Å². The van der Waals surface area contributed by atoms with Gasteiger partial charge < -0.3 is 9.84 Å². The minimum absolute atomic E-state index is 0.350. The molecule has 0 radical (unpaired) electrons. The molecule has 1 rings (SSSR count). The van der Waals surface area contributed by atoms with E-state index in [1.807, 2.05) is 0 Å². The van der Waals surface area contributed by atoms with Gasteiger partial charge in [0.25, 0.3) is 0 Å². The van der Waals surface area contributed by atoms with Gasteiger partial charge in [-0.2, -0.15) is 0 Å². The van der Waals surface area contributed by atoms with Crippen molar-refractivity contribution in [1.82, 2.24) is 4.90 Å². The number of aliphatic hydroxyl groups is 1. The zero-order chi connectivity index (χ0) is 15.0. The smallest absolute Gasteiger partial charge is 0.0900 e. The fraction of sp³-hybridized carbons (Fsp3) is 0.529. The van der Waals surface area contributed by atoms with Crippen LogP contribution in [0.15, 0.2) is 36.9 Å². The topological polar surface area (TPSA) is 32.7 Å². The third-order valence-electron chi connectivity index (χ3n) is 3.19. The molecule has 0 bridgehead atoms. The average Bonchev–Trinajstić information content (AvgIpc) is 2.38. The molecule has 3 nitrogen and oxygen atoms in total. The van der Waals surface area contributed by atoms with Crippen molar-refractivity contribution in [2.75, 3.05) is 19.8 Å². The summed E-state index contributed by atoms with van der Waals surface area (Å²) in [6.07, 6.45) is 1.22. The van der Waals surface area contributed by atoms with Crippen LogP contribution in [0.5, 0.6) is 0 Å². The van der Waals surface area contributed by atoms with E-state index < -0.39 is 6.10 Å². The quantitative estimate of drug-likeness (QED) is 0.556. The van der Waals surface area contributed by atoms with E-state index in [-0.39, 0.29) is 0 Å². The summed E-state index contributed by atoms with van der Waals surface area (Å²) in [7, 11) is 0. The van der Waals surface area contributed by atoms with Crippen molar-refractivity contribution in [2.45, 2.75) is 39.5 Å². The molecule has 0 spiro atoms. The van der Waals surface area contributed by atoms with Crippen molar-refractivity contribution in [3.63, 3.8) is 0 Å². The standard InChI is InChI=1S/C17H27NO2/c1-5-9-20-13-17(19)12-18(14(2)3)11-16-8-6-7-15(4)10-16/h5-8,10,14,17,19H,1,9,11-13H2,2-4H3. The SMILES string of the molecule is C=CCOCC(O)CN(Cc1cccc(C)c1)C(C)C. The summed E-state index contributed by atoms with van der Waals surface area (Å²) in [5.74, 6) is 0. The van der Waals surface area contributed by atoms with Crippen LogP contribution in [0, 0.1) is 6.92 Å². The zero-order valence-corrected chi connectivity index (χ0v) is 12.9. The lowest BCUT2D eigenvalue weighted by Crippen LogP contribution is -2.38. The molecule has 0 heterocycles. The van der Waals surface area contributed by atoms with Crippen molar-refractivity contribution in [1.29, 1.82) is 0 Å². The van der Waals surface area contributed by atoms with Gasteiger partial charge in [-0.3, -0.25) is 4.90 Å². The van der Waals surface area contributed by atoms with E-state index in [1.165, 1.54) is 11.1 Å². The molecule has 112 valence electrons. The number of ether oxygens (including phenoxy) is 1.